The Kier molecular flexibility index (Phi) is 7.00. The van der Waals surface area contributed by atoms with E-state index in [4.69, 9.17) is 4.99 Å². The van der Waals surface area contributed by atoms with Crippen molar-refractivity contribution in [3.05, 3.63) is 35.6 Å². The maximum Gasteiger partial charge on any atom is 0.191 e. The predicted molar refractivity (Wildman–Crippen MR) is 119 cm³/mol. The van der Waals surface area contributed by atoms with Crippen molar-refractivity contribution in [2.75, 3.05) is 32.7 Å². The SMILES string of the molecule is CCNC(=NCC1(c2cccc(F)c2)CC1)NCC1CCN(C2CC2)C1.I. The summed E-state index contributed by atoms with van der Waals surface area (Å²) in [4.78, 5) is 7.49. The Hall–Kier alpha value is -0.890. The molecule has 0 amide bonds. The maximum absolute atomic E-state index is 13.6. The van der Waals surface area contributed by atoms with Crippen molar-refractivity contribution < 1.29 is 4.39 Å². The average molecular weight is 486 g/mol. The van der Waals surface area contributed by atoms with Crippen molar-refractivity contribution >= 4 is 29.9 Å². The van der Waals surface area contributed by atoms with Crippen molar-refractivity contribution in [2.24, 2.45) is 10.9 Å². The topological polar surface area (TPSA) is 39.7 Å². The Morgan fingerprint density at radius 3 is 2.74 bits per heavy atom. The molecule has 1 heterocycles. The van der Waals surface area contributed by atoms with Crippen LogP contribution in [-0.4, -0.2) is 49.6 Å². The van der Waals surface area contributed by atoms with Gasteiger partial charge in [0, 0.05) is 31.1 Å². The fourth-order valence-electron chi connectivity index (χ4n) is 4.12. The molecule has 0 radical (unpaired) electrons. The van der Waals surface area contributed by atoms with Gasteiger partial charge in [0.2, 0.25) is 0 Å². The minimum atomic E-state index is -0.149. The van der Waals surface area contributed by atoms with E-state index in [1.165, 1.54) is 38.4 Å². The number of likely N-dealkylation sites (tertiary alicyclic amines) is 1. The molecule has 1 aliphatic heterocycles. The van der Waals surface area contributed by atoms with Crippen LogP contribution < -0.4 is 10.6 Å². The minimum absolute atomic E-state index is 0. The summed E-state index contributed by atoms with van der Waals surface area (Å²) in [5.41, 5.74) is 1.13. The molecule has 2 aliphatic carbocycles. The number of rotatable bonds is 7. The average Bonchev–Trinajstić information content (AvgIpc) is 3.57. The molecule has 1 unspecified atom stereocenters. The quantitative estimate of drug-likeness (QED) is 0.352. The highest BCUT2D eigenvalue weighted by Crippen LogP contribution is 2.48. The molecule has 6 heteroatoms. The molecule has 1 atom stereocenters. The number of benzene rings is 1. The van der Waals surface area contributed by atoms with Crippen LogP contribution in [0.2, 0.25) is 0 Å². The van der Waals surface area contributed by atoms with Crippen LogP contribution in [0.3, 0.4) is 0 Å². The van der Waals surface area contributed by atoms with Gasteiger partial charge in [-0.3, -0.25) is 4.99 Å². The zero-order chi connectivity index (χ0) is 18.0. The van der Waals surface area contributed by atoms with Crippen molar-refractivity contribution in [2.45, 2.75) is 50.5 Å². The van der Waals surface area contributed by atoms with Gasteiger partial charge in [0.25, 0.3) is 0 Å². The van der Waals surface area contributed by atoms with Gasteiger partial charge in [-0.1, -0.05) is 12.1 Å². The highest BCUT2D eigenvalue weighted by Gasteiger charge is 2.44. The van der Waals surface area contributed by atoms with Gasteiger partial charge in [0.1, 0.15) is 5.82 Å². The van der Waals surface area contributed by atoms with E-state index in [1.54, 1.807) is 6.07 Å². The Morgan fingerprint density at radius 2 is 2.07 bits per heavy atom. The Bertz CT molecular complexity index is 657. The number of halogens is 2. The third kappa shape index (κ3) is 5.34. The third-order valence-electron chi connectivity index (χ3n) is 6.11. The van der Waals surface area contributed by atoms with Crippen LogP contribution in [0.25, 0.3) is 0 Å². The highest BCUT2D eigenvalue weighted by atomic mass is 127. The van der Waals surface area contributed by atoms with E-state index in [2.05, 4.69) is 22.5 Å². The molecule has 1 aromatic rings. The van der Waals surface area contributed by atoms with Crippen LogP contribution in [0, 0.1) is 11.7 Å². The summed E-state index contributed by atoms with van der Waals surface area (Å²) in [6.45, 7) is 7.16. The van der Waals surface area contributed by atoms with Crippen LogP contribution >= 0.6 is 24.0 Å². The second kappa shape index (κ2) is 9.07. The van der Waals surface area contributed by atoms with E-state index < -0.39 is 0 Å². The molecule has 0 spiro atoms. The van der Waals surface area contributed by atoms with E-state index in [0.717, 1.165) is 56.0 Å². The minimum Gasteiger partial charge on any atom is -0.357 e. The highest BCUT2D eigenvalue weighted by molar-refractivity contribution is 14.0. The summed E-state index contributed by atoms with van der Waals surface area (Å²) in [6, 6.07) is 7.91. The van der Waals surface area contributed by atoms with Gasteiger partial charge in [-0.25, -0.2) is 4.39 Å². The Labute approximate surface area is 179 Å². The van der Waals surface area contributed by atoms with Crippen LogP contribution in [0.5, 0.6) is 0 Å². The first kappa shape index (κ1) is 20.8. The lowest BCUT2D eigenvalue weighted by atomic mass is 9.96. The maximum atomic E-state index is 13.6. The molecular weight excluding hydrogens is 454 g/mol. The zero-order valence-corrected chi connectivity index (χ0v) is 18.5. The first-order valence-electron chi connectivity index (χ1n) is 10.2. The number of hydrogen-bond donors (Lipinski definition) is 2. The molecule has 3 fully saturated rings. The second-order valence-corrected chi connectivity index (χ2v) is 8.25. The number of nitrogens with zero attached hydrogens (tertiary/aromatic N) is 2. The van der Waals surface area contributed by atoms with E-state index in [0.29, 0.717) is 0 Å². The number of hydrogen-bond acceptors (Lipinski definition) is 2. The molecular formula is C21H32FIN4. The Morgan fingerprint density at radius 1 is 1.26 bits per heavy atom. The van der Waals surface area contributed by atoms with Crippen LogP contribution in [0.1, 0.15) is 44.6 Å². The van der Waals surface area contributed by atoms with Gasteiger partial charge < -0.3 is 15.5 Å². The first-order valence-corrected chi connectivity index (χ1v) is 10.2. The summed E-state index contributed by atoms with van der Waals surface area (Å²) in [7, 11) is 0. The summed E-state index contributed by atoms with van der Waals surface area (Å²) in [5.74, 6) is 1.47. The van der Waals surface area contributed by atoms with Crippen LogP contribution in [-0.2, 0) is 5.41 Å². The van der Waals surface area contributed by atoms with Gasteiger partial charge in [0.15, 0.2) is 5.96 Å². The van der Waals surface area contributed by atoms with Crippen molar-refractivity contribution in [3.8, 4) is 0 Å². The summed E-state index contributed by atoms with van der Waals surface area (Å²) < 4.78 is 13.6. The molecule has 3 aliphatic rings. The lowest BCUT2D eigenvalue weighted by Gasteiger charge is -2.18. The molecule has 4 rings (SSSR count). The van der Waals surface area contributed by atoms with Gasteiger partial charge in [-0.15, -0.1) is 24.0 Å². The molecule has 0 aromatic heterocycles. The molecule has 1 saturated heterocycles. The lowest BCUT2D eigenvalue weighted by Crippen LogP contribution is -2.41. The smallest absolute Gasteiger partial charge is 0.191 e. The molecule has 2 N–H and O–H groups in total. The fourth-order valence-corrected chi connectivity index (χ4v) is 4.12. The summed E-state index contributed by atoms with van der Waals surface area (Å²) in [5, 5.41) is 6.91. The van der Waals surface area contributed by atoms with Crippen molar-refractivity contribution in [3.63, 3.8) is 0 Å². The normalized spacial score (nSPS) is 24.4. The van der Waals surface area contributed by atoms with E-state index >= 15 is 0 Å². The van der Waals surface area contributed by atoms with Gasteiger partial charge in [0.05, 0.1) is 6.54 Å². The number of aliphatic imine (C=N–C) groups is 1. The fraction of sp³-hybridized carbons (Fsp3) is 0.667. The molecule has 4 nitrogen and oxygen atoms in total. The van der Waals surface area contributed by atoms with Crippen LogP contribution in [0.15, 0.2) is 29.3 Å². The van der Waals surface area contributed by atoms with E-state index in [9.17, 15) is 4.39 Å². The second-order valence-electron chi connectivity index (χ2n) is 8.25. The lowest BCUT2D eigenvalue weighted by molar-refractivity contribution is 0.314. The predicted octanol–water partition coefficient (Wildman–Crippen LogP) is 3.51. The van der Waals surface area contributed by atoms with Crippen LogP contribution in [0.4, 0.5) is 4.39 Å². The zero-order valence-electron chi connectivity index (χ0n) is 16.2. The third-order valence-corrected chi connectivity index (χ3v) is 6.11. The van der Waals surface area contributed by atoms with E-state index in [1.807, 2.05) is 12.1 Å². The summed E-state index contributed by atoms with van der Waals surface area (Å²) >= 11 is 0. The first-order chi connectivity index (χ1) is 12.7. The molecule has 1 aromatic carbocycles. The van der Waals surface area contributed by atoms with Crippen molar-refractivity contribution in [1.82, 2.24) is 15.5 Å². The molecule has 27 heavy (non-hydrogen) atoms. The number of guanidine groups is 1. The summed E-state index contributed by atoms with van der Waals surface area (Å²) in [6.07, 6.45) is 6.27. The Balaban J connectivity index is 0.00000210. The molecule has 2 saturated carbocycles. The van der Waals surface area contributed by atoms with Crippen molar-refractivity contribution in [1.29, 1.82) is 0 Å². The largest absolute Gasteiger partial charge is 0.357 e. The molecule has 150 valence electrons. The standard InChI is InChI=1S/C21H31FN4.HI/c1-2-23-20(24-13-16-8-11-26(14-16)19-6-7-19)25-15-21(9-10-21)17-4-3-5-18(22)12-17;/h3-5,12,16,19H,2,6-11,13-15H2,1H3,(H2,23,24,25);1H. The van der Waals surface area contributed by atoms with Gasteiger partial charge in [-0.2, -0.15) is 0 Å². The monoisotopic (exact) mass is 486 g/mol. The van der Waals surface area contributed by atoms with E-state index in [-0.39, 0.29) is 35.2 Å². The number of nitrogens with one attached hydrogen (secondary N) is 2. The van der Waals surface area contributed by atoms with Gasteiger partial charge in [-0.05, 0) is 69.2 Å². The van der Waals surface area contributed by atoms with Gasteiger partial charge >= 0.3 is 0 Å². The molecule has 0 bridgehead atoms.